The summed E-state index contributed by atoms with van der Waals surface area (Å²) in [5.41, 5.74) is 1.06. The van der Waals surface area contributed by atoms with Crippen LogP contribution in [0.4, 0.5) is 0 Å². The summed E-state index contributed by atoms with van der Waals surface area (Å²) < 4.78 is 8.14. The molecule has 16 heavy (non-hydrogen) atoms. The molecule has 0 radical (unpaired) electrons. The van der Waals surface area contributed by atoms with Gasteiger partial charge in [0.15, 0.2) is 0 Å². The highest BCUT2D eigenvalue weighted by molar-refractivity contribution is 6.99. The van der Waals surface area contributed by atoms with Crippen LogP contribution in [-0.2, 0) is 6.54 Å². The second-order valence-electron chi connectivity index (χ2n) is 4.33. The molecule has 0 bridgehead atoms. The highest BCUT2D eigenvalue weighted by atomic mass is 32.1. The maximum atomic E-state index is 4.16. The van der Waals surface area contributed by atoms with Crippen molar-refractivity contribution in [2.24, 2.45) is 0 Å². The van der Waals surface area contributed by atoms with Crippen LogP contribution in [0.2, 0.25) is 0 Å². The maximum Gasteiger partial charge on any atom is 0.0880 e. The molecule has 1 aromatic rings. The SMILES string of the molecule is c1nsnc1CNCCCN1CCCCC1. The van der Waals surface area contributed by atoms with E-state index in [0.717, 1.165) is 18.8 Å². The molecule has 1 aromatic heterocycles. The maximum absolute atomic E-state index is 4.16. The molecule has 0 saturated carbocycles. The van der Waals surface area contributed by atoms with Crippen LogP contribution in [0.25, 0.3) is 0 Å². The van der Waals surface area contributed by atoms with Crippen LogP contribution in [0.15, 0.2) is 6.20 Å². The topological polar surface area (TPSA) is 41.1 Å². The lowest BCUT2D eigenvalue weighted by atomic mass is 10.1. The molecule has 2 heterocycles. The number of likely N-dealkylation sites (tertiary alicyclic amines) is 1. The van der Waals surface area contributed by atoms with Gasteiger partial charge in [0.05, 0.1) is 23.6 Å². The van der Waals surface area contributed by atoms with Crippen LogP contribution in [0.3, 0.4) is 0 Å². The Morgan fingerprint density at radius 2 is 2.19 bits per heavy atom. The summed E-state index contributed by atoms with van der Waals surface area (Å²) in [6.45, 7) is 5.78. The second kappa shape index (κ2) is 6.93. The predicted octanol–water partition coefficient (Wildman–Crippen LogP) is 1.50. The minimum absolute atomic E-state index is 0.858. The molecule has 0 spiro atoms. The van der Waals surface area contributed by atoms with Crippen molar-refractivity contribution in [1.82, 2.24) is 19.0 Å². The minimum Gasteiger partial charge on any atom is -0.311 e. The van der Waals surface area contributed by atoms with Crippen molar-refractivity contribution < 1.29 is 0 Å². The van der Waals surface area contributed by atoms with Crippen LogP contribution < -0.4 is 5.32 Å². The lowest BCUT2D eigenvalue weighted by Crippen LogP contribution is -2.32. The second-order valence-corrected chi connectivity index (χ2v) is 4.89. The lowest BCUT2D eigenvalue weighted by Gasteiger charge is -2.26. The van der Waals surface area contributed by atoms with E-state index in [2.05, 4.69) is 19.0 Å². The Hall–Kier alpha value is -0.520. The van der Waals surface area contributed by atoms with Crippen molar-refractivity contribution in [2.75, 3.05) is 26.2 Å². The summed E-state index contributed by atoms with van der Waals surface area (Å²) in [5.74, 6) is 0. The zero-order valence-electron chi connectivity index (χ0n) is 9.69. The van der Waals surface area contributed by atoms with Gasteiger partial charge in [-0.15, -0.1) is 0 Å². The average molecular weight is 240 g/mol. The minimum atomic E-state index is 0.858. The van der Waals surface area contributed by atoms with Gasteiger partial charge in [-0.3, -0.25) is 0 Å². The fraction of sp³-hybridized carbons (Fsp3) is 0.818. The van der Waals surface area contributed by atoms with Crippen molar-refractivity contribution in [1.29, 1.82) is 0 Å². The summed E-state index contributed by atoms with van der Waals surface area (Å²) >= 11 is 1.28. The first-order valence-corrected chi connectivity index (χ1v) is 6.88. The quantitative estimate of drug-likeness (QED) is 0.765. The Bertz CT molecular complexity index is 270. The van der Waals surface area contributed by atoms with Gasteiger partial charge < -0.3 is 10.2 Å². The Kier molecular flexibility index (Phi) is 5.18. The Morgan fingerprint density at radius 1 is 1.31 bits per heavy atom. The van der Waals surface area contributed by atoms with E-state index in [4.69, 9.17) is 0 Å². The number of aromatic nitrogens is 2. The molecule has 1 fully saturated rings. The molecule has 90 valence electrons. The summed E-state index contributed by atoms with van der Waals surface area (Å²) in [5, 5.41) is 3.40. The van der Waals surface area contributed by atoms with Crippen molar-refractivity contribution in [3.05, 3.63) is 11.9 Å². The summed E-state index contributed by atoms with van der Waals surface area (Å²) in [7, 11) is 0. The first kappa shape index (κ1) is 12.0. The highest BCUT2D eigenvalue weighted by Crippen LogP contribution is 2.08. The van der Waals surface area contributed by atoms with Crippen LogP contribution in [-0.4, -0.2) is 39.8 Å². The van der Waals surface area contributed by atoms with Gasteiger partial charge in [-0.2, -0.15) is 8.75 Å². The van der Waals surface area contributed by atoms with E-state index in [1.807, 2.05) is 6.20 Å². The molecule has 0 aromatic carbocycles. The summed E-state index contributed by atoms with van der Waals surface area (Å²) in [6.07, 6.45) is 7.27. The highest BCUT2D eigenvalue weighted by Gasteiger charge is 2.08. The number of rotatable bonds is 6. The number of hydrogen-bond acceptors (Lipinski definition) is 5. The van der Waals surface area contributed by atoms with E-state index in [1.54, 1.807) is 0 Å². The van der Waals surface area contributed by atoms with Crippen molar-refractivity contribution in [2.45, 2.75) is 32.2 Å². The number of nitrogens with one attached hydrogen (secondary N) is 1. The third-order valence-electron chi connectivity index (χ3n) is 2.99. The number of nitrogens with zero attached hydrogens (tertiary/aromatic N) is 3. The van der Waals surface area contributed by atoms with Gasteiger partial charge in [0, 0.05) is 6.54 Å². The van der Waals surface area contributed by atoms with Crippen LogP contribution in [0, 0.1) is 0 Å². The smallest absolute Gasteiger partial charge is 0.0880 e. The molecule has 2 rings (SSSR count). The van der Waals surface area contributed by atoms with Crippen molar-refractivity contribution in [3.8, 4) is 0 Å². The van der Waals surface area contributed by atoms with E-state index in [9.17, 15) is 0 Å². The first-order valence-electron chi connectivity index (χ1n) is 6.14. The third-order valence-corrected chi connectivity index (χ3v) is 3.51. The van der Waals surface area contributed by atoms with E-state index in [0.29, 0.717) is 0 Å². The zero-order chi connectivity index (χ0) is 11.1. The van der Waals surface area contributed by atoms with Gasteiger partial charge in [0.25, 0.3) is 0 Å². The van der Waals surface area contributed by atoms with E-state index < -0.39 is 0 Å². The van der Waals surface area contributed by atoms with Crippen molar-refractivity contribution >= 4 is 11.7 Å². The molecule has 1 aliphatic heterocycles. The lowest BCUT2D eigenvalue weighted by molar-refractivity contribution is 0.225. The molecular formula is C11H20N4S. The molecule has 1 N–H and O–H groups in total. The van der Waals surface area contributed by atoms with Gasteiger partial charge in [-0.25, -0.2) is 0 Å². The molecule has 5 heteroatoms. The molecule has 0 amide bonds. The molecule has 1 aliphatic rings. The molecule has 0 aliphatic carbocycles. The monoisotopic (exact) mass is 240 g/mol. The molecule has 4 nitrogen and oxygen atoms in total. The fourth-order valence-corrected chi connectivity index (χ4v) is 2.52. The molecule has 0 atom stereocenters. The zero-order valence-corrected chi connectivity index (χ0v) is 10.5. The van der Waals surface area contributed by atoms with E-state index >= 15 is 0 Å². The molecular weight excluding hydrogens is 220 g/mol. The van der Waals surface area contributed by atoms with Gasteiger partial charge in [0.1, 0.15) is 0 Å². The summed E-state index contributed by atoms with van der Waals surface area (Å²) in [6, 6.07) is 0. The van der Waals surface area contributed by atoms with E-state index in [1.165, 1.54) is 57.0 Å². The largest absolute Gasteiger partial charge is 0.311 e. The molecule has 1 saturated heterocycles. The number of hydrogen-bond donors (Lipinski definition) is 1. The van der Waals surface area contributed by atoms with Crippen LogP contribution in [0.5, 0.6) is 0 Å². The summed E-state index contributed by atoms with van der Waals surface area (Å²) in [4.78, 5) is 2.58. The Morgan fingerprint density at radius 3 is 2.94 bits per heavy atom. The van der Waals surface area contributed by atoms with E-state index in [-0.39, 0.29) is 0 Å². The van der Waals surface area contributed by atoms with Crippen LogP contribution >= 0.6 is 11.7 Å². The standard InChI is InChI=1S/C11H20N4S/c1-2-6-15(7-3-1)8-4-5-12-9-11-10-13-16-14-11/h10,12H,1-9H2. The van der Waals surface area contributed by atoms with Gasteiger partial charge in [0.2, 0.25) is 0 Å². The number of piperidine rings is 1. The predicted molar refractivity (Wildman–Crippen MR) is 66.5 cm³/mol. The fourth-order valence-electron chi connectivity index (χ4n) is 2.09. The van der Waals surface area contributed by atoms with Crippen molar-refractivity contribution in [3.63, 3.8) is 0 Å². The normalized spacial score (nSPS) is 17.8. The van der Waals surface area contributed by atoms with Crippen LogP contribution in [0.1, 0.15) is 31.4 Å². The first-order chi connectivity index (χ1) is 7.95. The Balaban J connectivity index is 1.48. The van der Waals surface area contributed by atoms with Gasteiger partial charge in [-0.1, -0.05) is 6.42 Å². The third kappa shape index (κ3) is 4.15. The molecule has 0 unspecified atom stereocenters. The Labute approximate surface area is 101 Å². The average Bonchev–Trinajstić information content (AvgIpc) is 2.83. The van der Waals surface area contributed by atoms with Gasteiger partial charge >= 0.3 is 0 Å². The van der Waals surface area contributed by atoms with Gasteiger partial charge in [-0.05, 0) is 45.4 Å².